The van der Waals surface area contributed by atoms with Gasteiger partial charge in [0, 0.05) is 0 Å². The summed E-state index contributed by atoms with van der Waals surface area (Å²) in [7, 11) is 0. The van der Waals surface area contributed by atoms with Crippen LogP contribution in [0.5, 0.6) is 0 Å². The summed E-state index contributed by atoms with van der Waals surface area (Å²) < 4.78 is 0. The second-order valence-corrected chi connectivity index (χ2v) is 1.20. The molecule has 5 N–H and O–H groups in total. The van der Waals surface area contributed by atoms with Crippen LogP contribution in [0.15, 0.2) is 6.33 Å². The van der Waals surface area contributed by atoms with E-state index in [9.17, 15) is 0 Å². The summed E-state index contributed by atoms with van der Waals surface area (Å²) in [5.74, 6) is 0.792. The highest BCUT2D eigenvalue weighted by molar-refractivity contribution is 5.51. The number of nitrogens with zero attached hydrogens (tertiary/aromatic N) is 1. The summed E-state index contributed by atoms with van der Waals surface area (Å²) in [6, 6.07) is 0. The third-order valence-corrected chi connectivity index (χ3v) is 0.700. The second kappa shape index (κ2) is 1.14. The Hall–Kier alpha value is -1.19. The number of nitrogens with one attached hydrogen (secondary N) is 1. The maximum absolute atomic E-state index is 5.20. The van der Waals surface area contributed by atoms with Crippen molar-refractivity contribution in [3.05, 3.63) is 6.33 Å². The Balaban J connectivity index is 3.12. The third kappa shape index (κ3) is 0.489. The van der Waals surface area contributed by atoms with Crippen molar-refractivity contribution in [2.75, 3.05) is 11.5 Å². The molecule has 1 aromatic heterocycles. The van der Waals surface area contributed by atoms with E-state index >= 15 is 0 Å². The van der Waals surface area contributed by atoms with Crippen LogP contribution in [-0.2, 0) is 0 Å². The molecule has 38 valence electrons. The quantitative estimate of drug-likeness (QED) is 0.412. The normalized spacial score (nSPS) is 9.14. The molecular weight excluding hydrogens is 92.1 g/mol. The molecule has 0 amide bonds. The Morgan fingerprint density at radius 3 is 2.43 bits per heavy atom. The van der Waals surface area contributed by atoms with Gasteiger partial charge in [-0.15, -0.1) is 0 Å². The van der Waals surface area contributed by atoms with E-state index in [2.05, 4.69) is 9.97 Å². The standard InChI is InChI=1S/C3H6N4/c4-2-3(5)7-1-6-2/h1H,4-5H2,(H,6,7). The van der Waals surface area contributed by atoms with E-state index in [-0.39, 0.29) is 0 Å². The summed E-state index contributed by atoms with van der Waals surface area (Å²) in [6.07, 6.45) is 1.45. The van der Waals surface area contributed by atoms with Gasteiger partial charge in [-0.25, -0.2) is 4.98 Å². The van der Waals surface area contributed by atoms with Gasteiger partial charge in [-0.2, -0.15) is 0 Å². The Kier molecular flexibility index (Phi) is 0.651. The van der Waals surface area contributed by atoms with Crippen LogP contribution in [0.2, 0.25) is 0 Å². The maximum Gasteiger partial charge on any atom is 0.165 e. The summed E-state index contributed by atoms with van der Waals surface area (Å²) in [4.78, 5) is 6.22. The first kappa shape index (κ1) is 3.98. The maximum atomic E-state index is 5.20. The largest absolute Gasteiger partial charge is 0.382 e. The predicted octanol–water partition coefficient (Wildman–Crippen LogP) is -0.426. The van der Waals surface area contributed by atoms with Gasteiger partial charge >= 0.3 is 0 Å². The summed E-state index contributed by atoms with van der Waals surface area (Å²) >= 11 is 0. The zero-order chi connectivity index (χ0) is 5.28. The zero-order valence-electron chi connectivity index (χ0n) is 3.68. The molecule has 0 aliphatic carbocycles. The Bertz CT molecular complexity index is 139. The van der Waals surface area contributed by atoms with E-state index in [1.807, 2.05) is 0 Å². The van der Waals surface area contributed by atoms with Gasteiger partial charge in [0.25, 0.3) is 0 Å². The topological polar surface area (TPSA) is 80.7 Å². The molecule has 4 heteroatoms. The van der Waals surface area contributed by atoms with Crippen LogP contribution >= 0.6 is 0 Å². The molecule has 1 aromatic rings. The molecule has 0 atom stereocenters. The number of hydrogen-bond donors (Lipinski definition) is 3. The van der Waals surface area contributed by atoms with Crippen molar-refractivity contribution in [1.29, 1.82) is 0 Å². The minimum absolute atomic E-state index is 0.361. The van der Waals surface area contributed by atoms with Crippen molar-refractivity contribution in [3.63, 3.8) is 0 Å². The van der Waals surface area contributed by atoms with Crippen LogP contribution in [0.25, 0.3) is 0 Å². The van der Waals surface area contributed by atoms with Gasteiger partial charge in [0.15, 0.2) is 5.82 Å². The average Bonchev–Trinajstić information content (AvgIpc) is 1.91. The highest BCUT2D eigenvalue weighted by Gasteiger charge is 1.89. The fraction of sp³-hybridized carbons (Fsp3) is 0. The summed E-state index contributed by atoms with van der Waals surface area (Å²) in [6.45, 7) is 0. The zero-order valence-corrected chi connectivity index (χ0v) is 3.68. The van der Waals surface area contributed by atoms with Crippen LogP contribution in [0.3, 0.4) is 0 Å². The fourth-order valence-electron chi connectivity index (χ4n) is 0.315. The van der Waals surface area contributed by atoms with Gasteiger partial charge in [0.05, 0.1) is 6.33 Å². The second-order valence-electron chi connectivity index (χ2n) is 1.20. The number of rotatable bonds is 0. The van der Waals surface area contributed by atoms with Crippen molar-refractivity contribution < 1.29 is 0 Å². The van der Waals surface area contributed by atoms with Crippen LogP contribution in [-0.4, -0.2) is 9.97 Å². The minimum Gasteiger partial charge on any atom is -0.382 e. The number of anilines is 2. The summed E-state index contributed by atoms with van der Waals surface area (Å²) in [5.41, 5.74) is 10.4. The van der Waals surface area contributed by atoms with Gasteiger partial charge in [0.2, 0.25) is 0 Å². The molecule has 0 radical (unpaired) electrons. The lowest BCUT2D eigenvalue weighted by molar-refractivity contribution is 1.32. The van der Waals surface area contributed by atoms with Crippen molar-refractivity contribution in [3.8, 4) is 0 Å². The molecule has 0 saturated carbocycles. The first-order chi connectivity index (χ1) is 3.30. The van der Waals surface area contributed by atoms with Gasteiger partial charge in [-0.3, -0.25) is 0 Å². The average molecular weight is 98.1 g/mol. The van der Waals surface area contributed by atoms with Crippen molar-refractivity contribution in [2.24, 2.45) is 0 Å². The van der Waals surface area contributed by atoms with Gasteiger partial charge < -0.3 is 16.5 Å². The van der Waals surface area contributed by atoms with E-state index in [0.717, 1.165) is 0 Å². The molecule has 0 aromatic carbocycles. The number of H-pyrrole nitrogens is 1. The number of aromatic nitrogens is 2. The molecule has 1 rings (SSSR count). The fourth-order valence-corrected chi connectivity index (χ4v) is 0.315. The van der Waals surface area contributed by atoms with Crippen LogP contribution < -0.4 is 11.5 Å². The van der Waals surface area contributed by atoms with E-state index in [1.54, 1.807) is 0 Å². The van der Waals surface area contributed by atoms with E-state index in [1.165, 1.54) is 6.33 Å². The van der Waals surface area contributed by atoms with E-state index in [4.69, 9.17) is 11.5 Å². The smallest absolute Gasteiger partial charge is 0.165 e. The lowest BCUT2D eigenvalue weighted by Gasteiger charge is -1.80. The first-order valence-electron chi connectivity index (χ1n) is 1.85. The number of nitrogens with two attached hydrogens (primary N) is 2. The number of hydrogen-bond acceptors (Lipinski definition) is 3. The lowest BCUT2D eigenvalue weighted by atomic mass is 10.7. The van der Waals surface area contributed by atoms with Crippen molar-refractivity contribution in [2.45, 2.75) is 0 Å². The molecule has 0 bridgehead atoms. The molecule has 0 aliphatic heterocycles. The highest BCUT2D eigenvalue weighted by atomic mass is 15.0. The molecule has 1 heterocycles. The minimum atomic E-state index is 0.361. The summed E-state index contributed by atoms with van der Waals surface area (Å²) in [5, 5.41) is 0. The molecule has 7 heavy (non-hydrogen) atoms. The van der Waals surface area contributed by atoms with E-state index < -0.39 is 0 Å². The SMILES string of the molecule is Nc1nc[nH]c1N. The lowest BCUT2D eigenvalue weighted by Crippen LogP contribution is -1.91. The van der Waals surface area contributed by atoms with Crippen LogP contribution in [0.4, 0.5) is 11.6 Å². The molecule has 0 aliphatic rings. The monoisotopic (exact) mass is 98.1 g/mol. The third-order valence-electron chi connectivity index (χ3n) is 0.700. The molecular formula is C3H6N4. The Morgan fingerprint density at radius 1 is 1.57 bits per heavy atom. The molecule has 0 fully saturated rings. The van der Waals surface area contributed by atoms with Crippen LogP contribution in [0, 0.1) is 0 Å². The van der Waals surface area contributed by atoms with Gasteiger partial charge in [0.1, 0.15) is 5.82 Å². The Morgan fingerprint density at radius 2 is 2.29 bits per heavy atom. The number of aromatic amines is 1. The molecule has 0 saturated heterocycles. The highest BCUT2D eigenvalue weighted by Crippen LogP contribution is 2.02. The molecule has 0 spiro atoms. The number of imidazole rings is 1. The first-order valence-corrected chi connectivity index (χ1v) is 1.85. The van der Waals surface area contributed by atoms with Crippen LogP contribution in [0.1, 0.15) is 0 Å². The number of nitrogen functional groups attached to an aromatic ring is 2. The molecule has 0 unspecified atom stereocenters. The van der Waals surface area contributed by atoms with Crippen molar-refractivity contribution >= 4 is 11.6 Å². The van der Waals surface area contributed by atoms with Crippen molar-refractivity contribution in [1.82, 2.24) is 9.97 Å². The Labute approximate surface area is 40.5 Å². The molecule has 4 nitrogen and oxygen atoms in total. The predicted molar refractivity (Wildman–Crippen MR) is 27.4 cm³/mol. The van der Waals surface area contributed by atoms with Gasteiger partial charge in [-0.1, -0.05) is 0 Å². The van der Waals surface area contributed by atoms with E-state index in [0.29, 0.717) is 11.6 Å². The van der Waals surface area contributed by atoms with Gasteiger partial charge in [-0.05, 0) is 0 Å².